The fraction of sp³-hybridized carbons (Fsp3) is 0.222. The Morgan fingerprint density at radius 2 is 1.57 bits per heavy atom. The number of sulfonamides is 1. The van der Waals surface area contributed by atoms with Crippen LogP contribution in [0.5, 0.6) is 11.5 Å². The van der Waals surface area contributed by atoms with Crippen LogP contribution >= 0.6 is 0 Å². The predicted octanol–water partition coefficient (Wildman–Crippen LogP) is 4.31. The van der Waals surface area contributed by atoms with Crippen LogP contribution in [0.2, 0.25) is 0 Å². The number of hydrogen-bond donors (Lipinski definition) is 1. The maximum atomic E-state index is 13.8. The van der Waals surface area contributed by atoms with Crippen LogP contribution < -0.4 is 15.0 Å². The van der Waals surface area contributed by atoms with Crippen molar-refractivity contribution in [2.45, 2.75) is 31.8 Å². The Morgan fingerprint density at radius 1 is 0.857 bits per heavy atom. The number of nitrogens with one attached hydrogen (secondary N) is 1. The summed E-state index contributed by atoms with van der Waals surface area (Å²) in [6.07, 6.45) is 0. The lowest BCUT2D eigenvalue weighted by atomic mass is 10.0. The summed E-state index contributed by atoms with van der Waals surface area (Å²) in [5.41, 5.74) is 3.78. The Labute approximate surface area is 204 Å². The average Bonchev–Trinajstić information content (AvgIpc) is 2.85. The van der Waals surface area contributed by atoms with Crippen molar-refractivity contribution in [3.63, 3.8) is 0 Å². The number of aryl methyl sites for hydroxylation is 2. The summed E-state index contributed by atoms with van der Waals surface area (Å²) in [5, 5.41) is 0.860. The fourth-order valence-electron chi connectivity index (χ4n) is 4.18. The van der Waals surface area contributed by atoms with Gasteiger partial charge in [-0.3, -0.25) is 4.79 Å². The standard InChI is InChI=1S/C27H26N2O5S/c1-18-12-21-14-22(27(30)28-24(21)13-19(18)2)17-29(16-20-6-4-3-5-7-20)35(31,32)23-8-9-25-26(15-23)34-11-10-33-25/h3-9,12-15H,10-11,16-17H2,1-2H3,(H,28,30). The molecule has 8 heteroatoms. The van der Waals surface area contributed by atoms with Crippen LogP contribution in [-0.2, 0) is 23.1 Å². The van der Waals surface area contributed by atoms with Crippen LogP contribution in [0.1, 0.15) is 22.3 Å². The van der Waals surface area contributed by atoms with Crippen LogP contribution in [0, 0.1) is 13.8 Å². The highest BCUT2D eigenvalue weighted by Crippen LogP contribution is 2.34. The topological polar surface area (TPSA) is 88.7 Å². The molecule has 1 aromatic heterocycles. The number of pyridine rings is 1. The molecule has 1 aliphatic rings. The number of H-pyrrole nitrogens is 1. The highest BCUT2D eigenvalue weighted by molar-refractivity contribution is 7.89. The van der Waals surface area contributed by atoms with E-state index in [9.17, 15) is 13.2 Å². The van der Waals surface area contributed by atoms with Gasteiger partial charge in [-0.05, 0) is 66.3 Å². The zero-order chi connectivity index (χ0) is 24.6. The van der Waals surface area contributed by atoms with Crippen molar-refractivity contribution in [1.29, 1.82) is 0 Å². The van der Waals surface area contributed by atoms with E-state index in [4.69, 9.17) is 9.47 Å². The summed E-state index contributed by atoms with van der Waals surface area (Å²) < 4.78 is 40.1. The van der Waals surface area contributed by atoms with Gasteiger partial charge in [0, 0.05) is 30.2 Å². The van der Waals surface area contributed by atoms with E-state index in [0.29, 0.717) is 30.3 Å². The van der Waals surface area contributed by atoms with Gasteiger partial charge in [0.25, 0.3) is 5.56 Å². The number of fused-ring (bicyclic) bond motifs is 2. The Bertz CT molecular complexity index is 1560. The van der Waals surface area contributed by atoms with E-state index < -0.39 is 10.0 Å². The smallest absolute Gasteiger partial charge is 0.252 e. The van der Waals surface area contributed by atoms with Gasteiger partial charge in [-0.2, -0.15) is 4.31 Å². The molecule has 1 N–H and O–H groups in total. The van der Waals surface area contributed by atoms with Gasteiger partial charge in [0.2, 0.25) is 10.0 Å². The van der Waals surface area contributed by atoms with E-state index in [-0.39, 0.29) is 23.5 Å². The first-order chi connectivity index (χ1) is 16.8. The summed E-state index contributed by atoms with van der Waals surface area (Å²) >= 11 is 0. The number of benzene rings is 3. The molecular weight excluding hydrogens is 464 g/mol. The second kappa shape index (κ2) is 9.20. The first-order valence-electron chi connectivity index (χ1n) is 11.4. The number of ether oxygens (including phenoxy) is 2. The molecule has 0 aliphatic carbocycles. The van der Waals surface area contributed by atoms with Gasteiger partial charge in [0.05, 0.1) is 4.90 Å². The summed E-state index contributed by atoms with van der Waals surface area (Å²) in [5.74, 6) is 0.910. The molecule has 4 aromatic rings. The van der Waals surface area contributed by atoms with Gasteiger partial charge in [0.1, 0.15) is 13.2 Å². The summed E-state index contributed by atoms with van der Waals surface area (Å²) in [7, 11) is -3.97. The molecule has 0 radical (unpaired) electrons. The number of rotatable bonds is 6. The molecule has 0 atom stereocenters. The lowest BCUT2D eigenvalue weighted by molar-refractivity contribution is 0.171. The van der Waals surface area contributed by atoms with Crippen molar-refractivity contribution in [3.05, 3.63) is 99.3 Å². The third kappa shape index (κ3) is 4.67. The zero-order valence-corrected chi connectivity index (χ0v) is 20.4. The van der Waals surface area contributed by atoms with Gasteiger partial charge in [-0.25, -0.2) is 8.42 Å². The SMILES string of the molecule is Cc1cc2cc(CN(Cc3ccccc3)S(=O)(=O)c3ccc4c(c3)OCCO4)c(=O)[nH]c2cc1C. The van der Waals surface area contributed by atoms with Crippen molar-refractivity contribution < 1.29 is 17.9 Å². The predicted molar refractivity (Wildman–Crippen MR) is 134 cm³/mol. The highest BCUT2D eigenvalue weighted by atomic mass is 32.2. The highest BCUT2D eigenvalue weighted by Gasteiger charge is 2.28. The zero-order valence-electron chi connectivity index (χ0n) is 19.6. The van der Waals surface area contributed by atoms with E-state index in [1.54, 1.807) is 12.1 Å². The van der Waals surface area contributed by atoms with E-state index in [1.807, 2.05) is 56.3 Å². The quantitative estimate of drug-likeness (QED) is 0.435. The molecule has 0 saturated heterocycles. The maximum Gasteiger partial charge on any atom is 0.252 e. The van der Waals surface area contributed by atoms with Crippen molar-refractivity contribution >= 4 is 20.9 Å². The minimum atomic E-state index is -3.97. The van der Waals surface area contributed by atoms with Gasteiger partial charge in [-0.15, -0.1) is 0 Å². The minimum absolute atomic E-state index is 0.0795. The number of nitrogens with zero attached hydrogens (tertiary/aromatic N) is 1. The molecule has 0 amide bonds. The molecule has 5 rings (SSSR count). The molecule has 0 bridgehead atoms. The van der Waals surface area contributed by atoms with Crippen molar-refractivity contribution in [2.75, 3.05) is 13.2 Å². The number of aromatic amines is 1. The Hall–Kier alpha value is -3.62. The van der Waals surface area contributed by atoms with Gasteiger partial charge < -0.3 is 14.5 Å². The molecule has 3 aromatic carbocycles. The number of aromatic nitrogens is 1. The van der Waals surface area contributed by atoms with Crippen LogP contribution in [0.3, 0.4) is 0 Å². The maximum absolute atomic E-state index is 13.8. The lowest BCUT2D eigenvalue weighted by Crippen LogP contribution is -2.32. The second-order valence-corrected chi connectivity index (χ2v) is 10.6. The van der Waals surface area contributed by atoms with Crippen molar-refractivity contribution in [3.8, 4) is 11.5 Å². The van der Waals surface area contributed by atoms with E-state index in [0.717, 1.165) is 27.6 Å². The molecule has 1 aliphatic heterocycles. The molecule has 0 fully saturated rings. The van der Waals surface area contributed by atoms with E-state index in [2.05, 4.69) is 4.98 Å². The van der Waals surface area contributed by atoms with Crippen LogP contribution in [-0.4, -0.2) is 30.9 Å². The van der Waals surface area contributed by atoms with Crippen LogP contribution in [0.15, 0.2) is 76.4 Å². The lowest BCUT2D eigenvalue weighted by Gasteiger charge is -2.24. The second-order valence-electron chi connectivity index (χ2n) is 8.71. The van der Waals surface area contributed by atoms with Crippen molar-refractivity contribution in [2.24, 2.45) is 0 Å². The fourth-order valence-corrected chi connectivity index (χ4v) is 5.60. The number of hydrogen-bond acceptors (Lipinski definition) is 5. The molecule has 0 unspecified atom stereocenters. The third-order valence-electron chi connectivity index (χ3n) is 6.24. The Morgan fingerprint density at radius 3 is 2.34 bits per heavy atom. The Balaban J connectivity index is 1.57. The average molecular weight is 491 g/mol. The van der Waals surface area contributed by atoms with Crippen LogP contribution in [0.25, 0.3) is 10.9 Å². The van der Waals surface area contributed by atoms with Gasteiger partial charge in [-0.1, -0.05) is 30.3 Å². The molecule has 7 nitrogen and oxygen atoms in total. The van der Waals surface area contributed by atoms with Gasteiger partial charge in [0.15, 0.2) is 11.5 Å². The van der Waals surface area contributed by atoms with Crippen LogP contribution in [0.4, 0.5) is 0 Å². The first kappa shape index (κ1) is 23.1. The monoisotopic (exact) mass is 490 g/mol. The Kier molecular flexibility index (Phi) is 6.08. The summed E-state index contributed by atoms with van der Waals surface area (Å²) in [6, 6.07) is 19.6. The molecule has 180 valence electrons. The first-order valence-corrected chi connectivity index (χ1v) is 12.8. The molecule has 35 heavy (non-hydrogen) atoms. The van der Waals surface area contributed by atoms with E-state index >= 15 is 0 Å². The van der Waals surface area contributed by atoms with E-state index in [1.165, 1.54) is 16.4 Å². The third-order valence-corrected chi connectivity index (χ3v) is 8.02. The normalized spacial score (nSPS) is 13.3. The minimum Gasteiger partial charge on any atom is -0.486 e. The van der Waals surface area contributed by atoms with Gasteiger partial charge >= 0.3 is 0 Å². The molecule has 0 saturated carbocycles. The summed E-state index contributed by atoms with van der Waals surface area (Å²) in [4.78, 5) is 16.0. The largest absolute Gasteiger partial charge is 0.486 e. The molecule has 0 spiro atoms. The molecular formula is C27H26N2O5S. The molecule has 2 heterocycles. The summed E-state index contributed by atoms with van der Waals surface area (Å²) in [6.45, 7) is 4.81. The van der Waals surface area contributed by atoms with Crippen molar-refractivity contribution in [1.82, 2.24) is 9.29 Å².